The Bertz CT molecular complexity index is 326. The lowest BCUT2D eigenvalue weighted by Crippen LogP contribution is -2.51. The first kappa shape index (κ1) is 15.8. The van der Waals surface area contributed by atoms with Crippen molar-refractivity contribution in [3.05, 3.63) is 0 Å². The molecule has 1 atom stereocenters. The first-order valence-electron chi connectivity index (χ1n) is 8.41. The molecule has 1 saturated heterocycles. The van der Waals surface area contributed by atoms with Crippen molar-refractivity contribution in [1.29, 1.82) is 0 Å². The highest BCUT2D eigenvalue weighted by Gasteiger charge is 2.40. The molecule has 1 heterocycles. The summed E-state index contributed by atoms with van der Waals surface area (Å²) in [6, 6.07) is 0.467. The van der Waals surface area contributed by atoms with E-state index in [1.165, 1.54) is 38.5 Å². The third kappa shape index (κ3) is 3.36. The molecule has 0 radical (unpaired) electrons. The number of nitrogens with zero attached hydrogens (tertiary/aromatic N) is 1. The Balaban J connectivity index is 1.97. The molecule has 1 saturated carbocycles. The largest absolute Gasteiger partial charge is 0.342 e. The zero-order chi connectivity index (χ0) is 14.8. The Morgan fingerprint density at radius 1 is 1.15 bits per heavy atom. The summed E-state index contributed by atoms with van der Waals surface area (Å²) in [5.74, 6) is 1.67. The van der Waals surface area contributed by atoms with E-state index >= 15 is 0 Å². The van der Waals surface area contributed by atoms with Crippen molar-refractivity contribution in [2.75, 3.05) is 20.1 Å². The molecule has 0 aromatic carbocycles. The second kappa shape index (κ2) is 6.46. The van der Waals surface area contributed by atoms with Gasteiger partial charge in [0.2, 0.25) is 5.91 Å². The second-order valence-corrected chi connectivity index (χ2v) is 7.59. The standard InChI is InChI=1S/C17H32N2O/c1-13-7-9-15(10-8-13)19(4)16(20)17(2,3)14-6-5-11-18-12-14/h13-15,18H,5-12H2,1-4H3. The van der Waals surface area contributed by atoms with Gasteiger partial charge in [-0.3, -0.25) is 4.79 Å². The van der Waals surface area contributed by atoms with E-state index in [-0.39, 0.29) is 5.41 Å². The molecule has 0 aromatic heterocycles. The number of piperidine rings is 1. The average Bonchev–Trinajstić information content (AvgIpc) is 2.47. The van der Waals surface area contributed by atoms with E-state index in [4.69, 9.17) is 0 Å². The predicted octanol–water partition coefficient (Wildman–Crippen LogP) is 3.05. The van der Waals surface area contributed by atoms with E-state index in [1.54, 1.807) is 0 Å². The number of amides is 1. The molecule has 1 N–H and O–H groups in total. The van der Waals surface area contributed by atoms with E-state index in [9.17, 15) is 4.79 Å². The van der Waals surface area contributed by atoms with Crippen LogP contribution in [0.3, 0.4) is 0 Å². The maximum atomic E-state index is 12.9. The fraction of sp³-hybridized carbons (Fsp3) is 0.941. The fourth-order valence-corrected chi connectivity index (χ4v) is 3.89. The number of carbonyl (C=O) groups is 1. The highest BCUT2D eigenvalue weighted by atomic mass is 16.2. The highest BCUT2D eigenvalue weighted by molar-refractivity contribution is 5.82. The van der Waals surface area contributed by atoms with Gasteiger partial charge in [0.15, 0.2) is 0 Å². The van der Waals surface area contributed by atoms with Gasteiger partial charge < -0.3 is 10.2 Å². The minimum Gasteiger partial charge on any atom is -0.342 e. The molecule has 1 unspecified atom stereocenters. The molecule has 0 spiro atoms. The maximum absolute atomic E-state index is 12.9. The van der Waals surface area contributed by atoms with Crippen LogP contribution in [0.15, 0.2) is 0 Å². The first-order valence-corrected chi connectivity index (χ1v) is 8.41. The van der Waals surface area contributed by atoms with Gasteiger partial charge in [-0.05, 0) is 63.5 Å². The quantitative estimate of drug-likeness (QED) is 0.862. The van der Waals surface area contributed by atoms with Crippen molar-refractivity contribution in [2.24, 2.45) is 17.3 Å². The molecule has 3 heteroatoms. The van der Waals surface area contributed by atoms with Crippen molar-refractivity contribution in [1.82, 2.24) is 10.2 Å². The van der Waals surface area contributed by atoms with Crippen LogP contribution in [0.1, 0.15) is 59.3 Å². The molecular weight excluding hydrogens is 248 g/mol. The Morgan fingerprint density at radius 3 is 2.35 bits per heavy atom. The van der Waals surface area contributed by atoms with Crippen molar-refractivity contribution in [3.63, 3.8) is 0 Å². The maximum Gasteiger partial charge on any atom is 0.228 e. The number of carbonyl (C=O) groups excluding carboxylic acids is 1. The monoisotopic (exact) mass is 280 g/mol. The van der Waals surface area contributed by atoms with Crippen molar-refractivity contribution < 1.29 is 4.79 Å². The lowest BCUT2D eigenvalue weighted by Gasteiger charge is -2.42. The Hall–Kier alpha value is -0.570. The number of rotatable bonds is 3. The highest BCUT2D eigenvalue weighted by Crippen LogP contribution is 2.35. The van der Waals surface area contributed by atoms with Gasteiger partial charge in [-0.25, -0.2) is 0 Å². The molecule has 116 valence electrons. The van der Waals surface area contributed by atoms with Gasteiger partial charge in [0.05, 0.1) is 0 Å². The Morgan fingerprint density at radius 2 is 1.80 bits per heavy atom. The molecule has 2 aliphatic rings. The predicted molar refractivity (Wildman–Crippen MR) is 83.6 cm³/mol. The molecule has 1 amide bonds. The molecule has 0 bridgehead atoms. The topological polar surface area (TPSA) is 32.3 Å². The van der Waals surface area contributed by atoms with E-state index < -0.39 is 0 Å². The number of nitrogens with one attached hydrogen (secondary N) is 1. The van der Waals surface area contributed by atoms with Crippen LogP contribution in [0.5, 0.6) is 0 Å². The number of hydrogen-bond acceptors (Lipinski definition) is 2. The van der Waals surface area contributed by atoms with Crippen LogP contribution in [-0.4, -0.2) is 37.0 Å². The molecule has 2 fully saturated rings. The lowest BCUT2D eigenvalue weighted by atomic mass is 9.73. The van der Waals surface area contributed by atoms with Crippen LogP contribution < -0.4 is 5.32 Å². The smallest absolute Gasteiger partial charge is 0.228 e. The van der Waals surface area contributed by atoms with Gasteiger partial charge in [0, 0.05) is 18.5 Å². The van der Waals surface area contributed by atoms with Gasteiger partial charge in [0.1, 0.15) is 0 Å². The fourth-order valence-electron chi connectivity index (χ4n) is 3.89. The molecule has 2 rings (SSSR count). The van der Waals surface area contributed by atoms with Crippen LogP contribution in [0, 0.1) is 17.3 Å². The third-order valence-corrected chi connectivity index (χ3v) is 5.72. The Labute approximate surface area is 124 Å². The summed E-state index contributed by atoms with van der Waals surface area (Å²) in [6.45, 7) is 8.73. The molecule has 0 aromatic rings. The van der Waals surface area contributed by atoms with Crippen molar-refractivity contribution in [2.45, 2.75) is 65.3 Å². The Kier molecular flexibility index (Phi) is 5.11. The summed E-state index contributed by atoms with van der Waals surface area (Å²) in [7, 11) is 2.03. The van der Waals surface area contributed by atoms with E-state index in [0.717, 1.165) is 19.0 Å². The summed E-state index contributed by atoms with van der Waals surface area (Å²) in [5.41, 5.74) is -0.231. The molecule has 3 nitrogen and oxygen atoms in total. The number of hydrogen-bond donors (Lipinski definition) is 1. The molecule has 1 aliphatic heterocycles. The van der Waals surface area contributed by atoms with Gasteiger partial charge in [0.25, 0.3) is 0 Å². The van der Waals surface area contributed by atoms with Crippen LogP contribution in [0.2, 0.25) is 0 Å². The minimum absolute atomic E-state index is 0.231. The van der Waals surface area contributed by atoms with Gasteiger partial charge in [-0.2, -0.15) is 0 Å². The average molecular weight is 280 g/mol. The third-order valence-electron chi connectivity index (χ3n) is 5.72. The van der Waals surface area contributed by atoms with E-state index in [0.29, 0.717) is 17.9 Å². The summed E-state index contributed by atoms with van der Waals surface area (Å²) in [6.07, 6.45) is 7.29. The molecule has 1 aliphatic carbocycles. The van der Waals surface area contributed by atoms with Crippen LogP contribution in [0.4, 0.5) is 0 Å². The van der Waals surface area contributed by atoms with Crippen LogP contribution in [-0.2, 0) is 4.79 Å². The minimum atomic E-state index is -0.231. The summed E-state index contributed by atoms with van der Waals surface area (Å²) < 4.78 is 0. The van der Waals surface area contributed by atoms with E-state index in [1.807, 2.05) is 7.05 Å². The van der Waals surface area contributed by atoms with Gasteiger partial charge in [-0.15, -0.1) is 0 Å². The van der Waals surface area contributed by atoms with Crippen molar-refractivity contribution in [3.8, 4) is 0 Å². The summed E-state index contributed by atoms with van der Waals surface area (Å²) >= 11 is 0. The second-order valence-electron chi connectivity index (χ2n) is 7.59. The van der Waals surface area contributed by atoms with Gasteiger partial charge in [-0.1, -0.05) is 20.8 Å². The van der Waals surface area contributed by atoms with E-state index in [2.05, 4.69) is 31.0 Å². The summed E-state index contributed by atoms with van der Waals surface area (Å²) in [4.78, 5) is 15.0. The molecular formula is C17H32N2O. The van der Waals surface area contributed by atoms with Gasteiger partial charge >= 0.3 is 0 Å². The van der Waals surface area contributed by atoms with Crippen molar-refractivity contribution >= 4 is 5.91 Å². The zero-order valence-corrected chi connectivity index (χ0v) is 13.7. The lowest BCUT2D eigenvalue weighted by molar-refractivity contribution is -0.145. The normalized spacial score (nSPS) is 31.9. The molecule has 20 heavy (non-hydrogen) atoms. The zero-order valence-electron chi connectivity index (χ0n) is 13.7. The van der Waals surface area contributed by atoms with Crippen LogP contribution in [0.25, 0.3) is 0 Å². The van der Waals surface area contributed by atoms with Crippen LogP contribution >= 0.6 is 0 Å². The SMILES string of the molecule is CC1CCC(N(C)C(=O)C(C)(C)C2CCCNC2)CC1. The first-order chi connectivity index (χ1) is 9.43. The summed E-state index contributed by atoms with van der Waals surface area (Å²) in [5, 5.41) is 3.45.